The molecule has 3 aromatic rings. The smallest absolute Gasteiger partial charge is 0.212 e. The van der Waals surface area contributed by atoms with E-state index in [0.29, 0.717) is 46.1 Å². The maximum Gasteiger partial charge on any atom is 0.212 e. The average molecular weight is 397 g/mol. The number of aromatic nitrogens is 1. The third kappa shape index (κ3) is 4.87. The average Bonchev–Trinajstić information content (AvgIpc) is 3.24. The molecule has 1 aromatic carbocycles. The van der Waals surface area contributed by atoms with Crippen molar-refractivity contribution in [1.29, 1.82) is 0 Å². The van der Waals surface area contributed by atoms with Crippen LogP contribution in [0.4, 0.5) is 10.1 Å². The van der Waals surface area contributed by atoms with Crippen LogP contribution in [-0.4, -0.2) is 22.9 Å². The molecule has 1 unspecified atom stereocenters. The second-order valence-electron chi connectivity index (χ2n) is 6.22. The van der Waals surface area contributed by atoms with Gasteiger partial charge in [-0.3, -0.25) is 10.7 Å². The van der Waals surface area contributed by atoms with E-state index in [1.165, 1.54) is 19.4 Å². The summed E-state index contributed by atoms with van der Waals surface area (Å²) in [7, 11) is 1.47. The lowest BCUT2D eigenvalue weighted by Gasteiger charge is -2.18. The number of furan rings is 1. The molecule has 1 atom stereocenters. The lowest BCUT2D eigenvalue weighted by molar-refractivity contribution is -0.111. The van der Waals surface area contributed by atoms with Crippen molar-refractivity contribution in [2.45, 2.75) is 12.8 Å². The number of hydrogen-bond donors (Lipinski definition) is 4. The maximum absolute atomic E-state index is 12.9. The maximum atomic E-state index is 12.9. The van der Waals surface area contributed by atoms with E-state index in [4.69, 9.17) is 20.3 Å². The van der Waals surface area contributed by atoms with Crippen LogP contribution in [0, 0.1) is 5.95 Å². The lowest BCUT2D eigenvalue weighted by atomic mass is 10.0. The van der Waals surface area contributed by atoms with E-state index in [2.05, 4.69) is 10.3 Å². The topological polar surface area (TPSA) is 119 Å². The van der Waals surface area contributed by atoms with E-state index in [1.807, 2.05) is 0 Å². The van der Waals surface area contributed by atoms with Crippen LogP contribution in [0.15, 0.2) is 59.4 Å². The Bertz CT molecular complexity index is 1000. The Morgan fingerprint density at radius 2 is 2.21 bits per heavy atom. The predicted octanol–water partition coefficient (Wildman–Crippen LogP) is 1.45. The summed E-state index contributed by atoms with van der Waals surface area (Å²) in [6, 6.07) is 9.71. The summed E-state index contributed by atoms with van der Waals surface area (Å²) in [4.78, 5) is 3.59. The van der Waals surface area contributed by atoms with Crippen molar-refractivity contribution in [3.8, 4) is 5.75 Å². The highest BCUT2D eigenvalue weighted by Crippen LogP contribution is 2.32. The monoisotopic (exact) mass is 397 g/mol. The number of anilines is 1. The van der Waals surface area contributed by atoms with Crippen LogP contribution >= 0.6 is 0 Å². The number of hydrogen-bond acceptors (Lipinski definition) is 6. The molecule has 0 saturated heterocycles. The SMILES string of the molecule is COc1c(C(O)NCc2ccco2)ccc(N)c1C(=[NH2+])/C=C/c1ccc(F)nc1. The summed E-state index contributed by atoms with van der Waals surface area (Å²) in [6.45, 7) is 0.327. The number of methoxy groups -OCH3 is 1. The third-order valence-electron chi connectivity index (χ3n) is 4.26. The first-order valence-corrected chi connectivity index (χ1v) is 8.82. The molecule has 29 heavy (non-hydrogen) atoms. The Labute approximate surface area is 167 Å². The number of ether oxygens (including phenoxy) is 1. The fraction of sp³-hybridized carbons (Fsp3) is 0.143. The van der Waals surface area contributed by atoms with Gasteiger partial charge >= 0.3 is 0 Å². The van der Waals surface area contributed by atoms with Gasteiger partial charge in [0.2, 0.25) is 11.7 Å². The zero-order valence-electron chi connectivity index (χ0n) is 15.8. The van der Waals surface area contributed by atoms with Crippen LogP contribution in [0.3, 0.4) is 0 Å². The minimum absolute atomic E-state index is 0.323. The van der Waals surface area contributed by atoms with Crippen molar-refractivity contribution in [2.75, 3.05) is 12.8 Å². The van der Waals surface area contributed by atoms with Crippen LogP contribution in [0.1, 0.15) is 28.7 Å². The van der Waals surface area contributed by atoms with Gasteiger partial charge < -0.3 is 20.0 Å². The normalized spacial score (nSPS) is 12.2. The molecule has 0 saturated carbocycles. The Morgan fingerprint density at radius 3 is 2.86 bits per heavy atom. The molecule has 0 aliphatic rings. The van der Waals surface area contributed by atoms with E-state index in [0.717, 1.165) is 0 Å². The molecule has 0 fully saturated rings. The molecule has 150 valence electrons. The highest BCUT2D eigenvalue weighted by Gasteiger charge is 2.22. The summed E-state index contributed by atoms with van der Waals surface area (Å²) in [5.41, 5.74) is 8.43. The van der Waals surface area contributed by atoms with E-state index >= 15 is 0 Å². The second kappa shape index (κ2) is 9.13. The fourth-order valence-corrected chi connectivity index (χ4v) is 2.82. The van der Waals surface area contributed by atoms with Crippen LogP contribution in [-0.2, 0) is 6.54 Å². The molecule has 7 nitrogen and oxygen atoms in total. The van der Waals surface area contributed by atoms with Crippen molar-refractivity contribution in [1.82, 2.24) is 10.3 Å². The first kappa shape index (κ1) is 20.2. The number of nitrogens with zero attached hydrogens (tertiary/aromatic N) is 1. The van der Waals surface area contributed by atoms with Crippen LogP contribution < -0.4 is 21.2 Å². The zero-order valence-corrected chi connectivity index (χ0v) is 15.8. The van der Waals surface area contributed by atoms with Crippen molar-refractivity contribution < 1.29 is 24.1 Å². The molecule has 0 bridgehead atoms. The van der Waals surface area contributed by atoms with E-state index in [-0.39, 0.29) is 0 Å². The number of pyridine rings is 1. The van der Waals surface area contributed by atoms with Gasteiger partial charge in [-0.2, -0.15) is 4.39 Å². The number of aliphatic hydroxyl groups is 1. The van der Waals surface area contributed by atoms with Crippen LogP contribution in [0.25, 0.3) is 6.08 Å². The van der Waals surface area contributed by atoms with Crippen LogP contribution in [0.2, 0.25) is 0 Å². The molecule has 0 aliphatic carbocycles. The molecule has 0 amide bonds. The minimum Gasteiger partial charge on any atom is -0.495 e. The number of halogens is 1. The Hall–Kier alpha value is -3.49. The van der Waals surface area contributed by atoms with Gasteiger partial charge in [-0.05, 0) is 48.0 Å². The molecule has 0 aliphatic heterocycles. The van der Waals surface area contributed by atoms with Gasteiger partial charge in [0, 0.05) is 23.5 Å². The number of aliphatic hydroxyl groups excluding tert-OH is 1. The summed E-state index contributed by atoms with van der Waals surface area (Å²) in [6.07, 6.45) is 5.21. The Morgan fingerprint density at radius 1 is 1.38 bits per heavy atom. The van der Waals surface area contributed by atoms with Gasteiger partial charge in [0.1, 0.15) is 23.3 Å². The number of nitrogens with one attached hydrogen (secondary N) is 1. The van der Waals surface area contributed by atoms with E-state index < -0.39 is 12.2 Å². The summed E-state index contributed by atoms with van der Waals surface area (Å²) >= 11 is 0. The standard InChI is InChI=1S/C21H21FN4O3/c1-28-20-15(21(27)26-12-14-3-2-10-29-14)6-8-17(24)19(20)16(23)7-4-13-5-9-18(22)25-11-13/h2-11,21,23,26-27H,12,24H2,1H3/p+1/b7-4+,23-16?. The first-order chi connectivity index (χ1) is 14.0. The molecule has 6 N–H and O–H groups in total. The molecule has 8 heteroatoms. The van der Waals surface area contributed by atoms with E-state index in [9.17, 15) is 9.50 Å². The van der Waals surface area contributed by atoms with Crippen molar-refractivity contribution in [2.24, 2.45) is 0 Å². The van der Waals surface area contributed by atoms with Gasteiger partial charge in [-0.15, -0.1) is 0 Å². The molecule has 0 radical (unpaired) electrons. The van der Waals surface area contributed by atoms with E-state index in [1.54, 1.807) is 48.7 Å². The van der Waals surface area contributed by atoms with Gasteiger partial charge in [0.25, 0.3) is 0 Å². The van der Waals surface area contributed by atoms with Crippen LogP contribution in [0.5, 0.6) is 5.75 Å². The zero-order chi connectivity index (χ0) is 20.8. The number of nitrogen functional groups attached to an aromatic ring is 1. The highest BCUT2D eigenvalue weighted by molar-refractivity contribution is 6.12. The predicted molar refractivity (Wildman–Crippen MR) is 107 cm³/mol. The number of nitrogens with two attached hydrogens (primary N) is 2. The minimum atomic E-state index is -1.03. The summed E-state index contributed by atoms with van der Waals surface area (Å²) in [5.74, 6) is 0.471. The first-order valence-electron chi connectivity index (χ1n) is 8.82. The lowest BCUT2D eigenvalue weighted by Crippen LogP contribution is -2.39. The number of rotatable bonds is 8. The van der Waals surface area contributed by atoms with Gasteiger partial charge in [0.05, 0.1) is 19.9 Å². The third-order valence-corrected chi connectivity index (χ3v) is 4.26. The van der Waals surface area contributed by atoms with Crippen molar-refractivity contribution in [3.05, 3.63) is 83.3 Å². The molecule has 0 spiro atoms. The van der Waals surface area contributed by atoms with Crippen molar-refractivity contribution in [3.63, 3.8) is 0 Å². The number of benzene rings is 1. The van der Waals surface area contributed by atoms with Gasteiger partial charge in [-0.1, -0.05) is 0 Å². The summed E-state index contributed by atoms with van der Waals surface area (Å²) in [5, 5.41) is 19.8. The molecule has 2 aromatic heterocycles. The highest BCUT2D eigenvalue weighted by atomic mass is 19.1. The quantitative estimate of drug-likeness (QED) is 0.198. The Balaban J connectivity index is 1.84. The molecular formula is C21H22FN4O3+. The largest absolute Gasteiger partial charge is 0.495 e. The van der Waals surface area contributed by atoms with Crippen molar-refractivity contribution >= 4 is 17.5 Å². The fourth-order valence-electron chi connectivity index (χ4n) is 2.82. The Kier molecular flexibility index (Phi) is 6.38. The van der Waals surface area contributed by atoms with Gasteiger partial charge in [-0.25, -0.2) is 4.98 Å². The molecule has 2 heterocycles. The number of allylic oxidation sites excluding steroid dienone is 1. The second-order valence-corrected chi connectivity index (χ2v) is 6.22. The summed E-state index contributed by atoms with van der Waals surface area (Å²) < 4.78 is 23.7. The molecule has 3 rings (SSSR count). The van der Waals surface area contributed by atoms with Gasteiger partial charge in [0.15, 0.2) is 0 Å². The molecular weight excluding hydrogens is 375 g/mol.